The summed E-state index contributed by atoms with van der Waals surface area (Å²) < 4.78 is 10.6. The van der Waals surface area contributed by atoms with Crippen LogP contribution in [0, 0.1) is 6.92 Å². The summed E-state index contributed by atoms with van der Waals surface area (Å²) in [4.78, 5) is 23.8. The summed E-state index contributed by atoms with van der Waals surface area (Å²) in [6.07, 6.45) is -0.214. The van der Waals surface area contributed by atoms with Gasteiger partial charge in [0.1, 0.15) is 5.75 Å². The van der Waals surface area contributed by atoms with Gasteiger partial charge in [0.15, 0.2) is 12.7 Å². The van der Waals surface area contributed by atoms with Crippen molar-refractivity contribution < 1.29 is 19.1 Å². The third-order valence-corrected chi connectivity index (χ3v) is 3.59. The molecule has 0 aliphatic carbocycles. The minimum atomic E-state index is -0.681. The Balaban J connectivity index is 1.48. The molecule has 0 radical (unpaired) electrons. The number of anilines is 1. The summed E-state index contributed by atoms with van der Waals surface area (Å²) in [7, 11) is 0. The maximum atomic E-state index is 12.0. The topological polar surface area (TPSA) is 64.6 Å². The van der Waals surface area contributed by atoms with Crippen molar-refractivity contribution >= 4 is 17.6 Å². The van der Waals surface area contributed by atoms with Gasteiger partial charge in [-0.2, -0.15) is 0 Å². The summed E-state index contributed by atoms with van der Waals surface area (Å²) in [6, 6.07) is 14.8. The van der Waals surface area contributed by atoms with Gasteiger partial charge in [-0.15, -0.1) is 0 Å². The van der Waals surface area contributed by atoms with Gasteiger partial charge in [-0.25, -0.2) is 4.79 Å². The van der Waals surface area contributed by atoms with Crippen molar-refractivity contribution in [1.82, 2.24) is 0 Å². The van der Waals surface area contributed by atoms with Gasteiger partial charge in [0.25, 0.3) is 5.91 Å². The Kier molecular flexibility index (Phi) is 4.28. The lowest BCUT2D eigenvalue weighted by Crippen LogP contribution is -2.30. The number of fused-ring (bicyclic) bond motifs is 1. The predicted molar refractivity (Wildman–Crippen MR) is 85.3 cm³/mol. The van der Waals surface area contributed by atoms with Gasteiger partial charge in [-0.1, -0.05) is 35.9 Å². The van der Waals surface area contributed by atoms with Gasteiger partial charge in [0, 0.05) is 12.1 Å². The van der Waals surface area contributed by atoms with Crippen molar-refractivity contribution in [1.29, 1.82) is 0 Å². The Labute approximate surface area is 134 Å². The average molecular weight is 311 g/mol. The molecule has 3 rings (SSSR count). The maximum absolute atomic E-state index is 12.0. The van der Waals surface area contributed by atoms with E-state index >= 15 is 0 Å². The number of esters is 1. The number of para-hydroxylation sites is 1. The second-order valence-electron chi connectivity index (χ2n) is 5.44. The summed E-state index contributed by atoms with van der Waals surface area (Å²) in [5, 5.41) is 2.68. The van der Waals surface area contributed by atoms with Crippen LogP contribution >= 0.6 is 0 Å². The molecule has 118 valence electrons. The van der Waals surface area contributed by atoms with Crippen molar-refractivity contribution in [3.63, 3.8) is 0 Å². The molecule has 1 atom stereocenters. The Morgan fingerprint density at radius 1 is 1.17 bits per heavy atom. The highest BCUT2D eigenvalue weighted by Gasteiger charge is 2.30. The number of nitrogens with one attached hydrogen (secondary N) is 1. The lowest BCUT2D eigenvalue weighted by Gasteiger charge is -2.11. The Morgan fingerprint density at radius 2 is 1.91 bits per heavy atom. The lowest BCUT2D eigenvalue weighted by molar-refractivity contribution is -0.153. The van der Waals surface area contributed by atoms with Gasteiger partial charge in [0.2, 0.25) is 0 Å². The van der Waals surface area contributed by atoms with E-state index in [9.17, 15) is 9.59 Å². The van der Waals surface area contributed by atoms with E-state index in [4.69, 9.17) is 9.47 Å². The SMILES string of the molecule is Cc1ccc(NC(=O)COC(=O)C2Cc3ccccc3O2)cc1. The first-order chi connectivity index (χ1) is 11.1. The van der Waals surface area contributed by atoms with Crippen molar-refractivity contribution in [2.75, 3.05) is 11.9 Å². The van der Waals surface area contributed by atoms with Crippen LogP contribution < -0.4 is 10.1 Å². The zero-order chi connectivity index (χ0) is 16.2. The van der Waals surface area contributed by atoms with Crippen LogP contribution in [-0.2, 0) is 20.7 Å². The minimum absolute atomic E-state index is 0.330. The average Bonchev–Trinajstić information content (AvgIpc) is 2.99. The maximum Gasteiger partial charge on any atom is 0.348 e. The molecule has 5 heteroatoms. The highest BCUT2D eigenvalue weighted by atomic mass is 16.6. The van der Waals surface area contributed by atoms with E-state index < -0.39 is 12.1 Å². The summed E-state index contributed by atoms with van der Waals surface area (Å²) in [5.41, 5.74) is 2.74. The van der Waals surface area contributed by atoms with E-state index in [0.717, 1.165) is 11.1 Å². The van der Waals surface area contributed by atoms with E-state index in [0.29, 0.717) is 17.9 Å². The molecule has 1 N–H and O–H groups in total. The fourth-order valence-electron chi connectivity index (χ4n) is 2.38. The molecule has 2 aromatic rings. The molecule has 1 aliphatic heterocycles. The minimum Gasteiger partial charge on any atom is -0.478 e. The van der Waals surface area contributed by atoms with Crippen molar-refractivity contribution in [2.24, 2.45) is 0 Å². The Bertz CT molecular complexity index is 699. The van der Waals surface area contributed by atoms with E-state index in [1.165, 1.54) is 0 Å². The number of aryl methyl sites for hydroxylation is 1. The number of benzene rings is 2. The molecule has 0 saturated heterocycles. The molecule has 1 amide bonds. The van der Waals surface area contributed by atoms with Crippen LogP contribution in [0.15, 0.2) is 48.5 Å². The first-order valence-corrected chi connectivity index (χ1v) is 7.39. The van der Waals surface area contributed by atoms with E-state index in [1.807, 2.05) is 43.3 Å². The molecule has 0 aromatic heterocycles. The zero-order valence-electron chi connectivity index (χ0n) is 12.7. The first kappa shape index (κ1) is 15.1. The van der Waals surface area contributed by atoms with Crippen LogP contribution in [0.5, 0.6) is 5.75 Å². The molecule has 1 unspecified atom stereocenters. The summed E-state index contributed by atoms with van der Waals surface area (Å²) in [6.45, 7) is 1.63. The fourth-order valence-corrected chi connectivity index (χ4v) is 2.38. The molecular weight excluding hydrogens is 294 g/mol. The number of hydrogen-bond donors (Lipinski definition) is 1. The van der Waals surface area contributed by atoms with Gasteiger partial charge < -0.3 is 14.8 Å². The molecule has 1 heterocycles. The normalized spacial score (nSPS) is 15.4. The lowest BCUT2D eigenvalue weighted by atomic mass is 10.1. The molecule has 0 spiro atoms. The highest BCUT2D eigenvalue weighted by molar-refractivity contribution is 5.93. The van der Waals surface area contributed by atoms with E-state index in [2.05, 4.69) is 5.32 Å². The molecule has 23 heavy (non-hydrogen) atoms. The number of rotatable bonds is 4. The number of carbonyl (C=O) groups is 2. The second-order valence-corrected chi connectivity index (χ2v) is 5.44. The molecule has 1 aliphatic rings. The standard InChI is InChI=1S/C18H17NO4/c1-12-6-8-14(9-7-12)19-17(20)11-22-18(21)16-10-13-4-2-3-5-15(13)23-16/h2-9,16H,10-11H2,1H3,(H,19,20). The van der Waals surface area contributed by atoms with Crippen LogP contribution in [-0.4, -0.2) is 24.6 Å². The van der Waals surface area contributed by atoms with Crippen LogP contribution in [0.25, 0.3) is 0 Å². The Morgan fingerprint density at radius 3 is 2.65 bits per heavy atom. The third kappa shape index (κ3) is 3.69. The van der Waals surface area contributed by atoms with Gasteiger partial charge in [0.05, 0.1) is 0 Å². The Hall–Kier alpha value is -2.82. The molecule has 0 fully saturated rings. The summed E-state index contributed by atoms with van der Waals surface area (Å²) in [5.74, 6) is -0.212. The van der Waals surface area contributed by atoms with Crippen LogP contribution in [0.3, 0.4) is 0 Å². The third-order valence-electron chi connectivity index (χ3n) is 3.59. The van der Waals surface area contributed by atoms with E-state index in [1.54, 1.807) is 12.1 Å². The quantitative estimate of drug-likeness (QED) is 0.881. The second kappa shape index (κ2) is 6.52. The molecule has 0 saturated carbocycles. The highest BCUT2D eigenvalue weighted by Crippen LogP contribution is 2.28. The zero-order valence-corrected chi connectivity index (χ0v) is 12.7. The summed E-state index contributed by atoms with van der Waals surface area (Å²) >= 11 is 0. The smallest absolute Gasteiger partial charge is 0.348 e. The van der Waals surface area contributed by atoms with Crippen LogP contribution in [0.1, 0.15) is 11.1 Å². The number of amides is 1. The monoisotopic (exact) mass is 311 g/mol. The van der Waals surface area contributed by atoms with E-state index in [-0.39, 0.29) is 12.5 Å². The van der Waals surface area contributed by atoms with Gasteiger partial charge in [-0.05, 0) is 30.7 Å². The van der Waals surface area contributed by atoms with Crippen LogP contribution in [0.2, 0.25) is 0 Å². The predicted octanol–water partition coefficient (Wildman–Crippen LogP) is 2.48. The van der Waals surface area contributed by atoms with Crippen molar-refractivity contribution in [2.45, 2.75) is 19.4 Å². The first-order valence-electron chi connectivity index (χ1n) is 7.39. The number of carbonyl (C=O) groups excluding carboxylic acids is 2. The van der Waals surface area contributed by atoms with Crippen molar-refractivity contribution in [3.05, 3.63) is 59.7 Å². The molecular formula is C18H17NO4. The largest absolute Gasteiger partial charge is 0.478 e. The molecule has 0 bridgehead atoms. The molecule has 2 aromatic carbocycles. The van der Waals surface area contributed by atoms with Gasteiger partial charge >= 0.3 is 5.97 Å². The number of hydrogen-bond acceptors (Lipinski definition) is 4. The molecule has 5 nitrogen and oxygen atoms in total. The van der Waals surface area contributed by atoms with Gasteiger partial charge in [-0.3, -0.25) is 4.79 Å². The van der Waals surface area contributed by atoms with Crippen LogP contribution in [0.4, 0.5) is 5.69 Å². The van der Waals surface area contributed by atoms with Crippen molar-refractivity contribution in [3.8, 4) is 5.75 Å². The fraction of sp³-hybridized carbons (Fsp3) is 0.222. The number of ether oxygens (including phenoxy) is 2.